The molecule has 0 atom stereocenters. The second-order valence-electron chi connectivity index (χ2n) is 4.43. The Bertz CT molecular complexity index is 333. The van der Waals surface area contributed by atoms with E-state index in [2.05, 4.69) is 10.6 Å². The molecule has 0 aliphatic carbocycles. The summed E-state index contributed by atoms with van der Waals surface area (Å²) in [5.74, 6) is -1.20. The highest BCUT2D eigenvalue weighted by atomic mass is 16.3. The molecule has 3 amide bonds. The van der Waals surface area contributed by atoms with Gasteiger partial charge in [-0.05, 0) is 19.3 Å². The molecule has 1 saturated heterocycles. The Morgan fingerprint density at radius 2 is 1.79 bits per heavy atom. The SMILES string of the molecule is O=C(NCCCO)C(=O)NCCCN1CCCC1=O. The molecule has 1 heterocycles. The van der Waals surface area contributed by atoms with Crippen LogP contribution < -0.4 is 10.6 Å². The normalized spacial score (nSPS) is 14.6. The van der Waals surface area contributed by atoms with Crippen LogP contribution in [0.1, 0.15) is 25.7 Å². The molecule has 0 aromatic heterocycles. The number of rotatable bonds is 7. The van der Waals surface area contributed by atoms with Gasteiger partial charge in [0.25, 0.3) is 0 Å². The lowest BCUT2D eigenvalue weighted by Crippen LogP contribution is -2.41. The zero-order valence-corrected chi connectivity index (χ0v) is 11.0. The van der Waals surface area contributed by atoms with Crippen molar-refractivity contribution in [3.8, 4) is 0 Å². The predicted octanol–water partition coefficient (Wildman–Crippen LogP) is -1.39. The van der Waals surface area contributed by atoms with E-state index in [9.17, 15) is 14.4 Å². The van der Waals surface area contributed by atoms with Crippen LogP contribution in [0.15, 0.2) is 0 Å². The van der Waals surface area contributed by atoms with Crippen LogP contribution in [0, 0.1) is 0 Å². The molecular weight excluding hydrogens is 250 g/mol. The Morgan fingerprint density at radius 3 is 2.32 bits per heavy atom. The Kier molecular flexibility index (Phi) is 6.88. The van der Waals surface area contributed by atoms with E-state index in [-0.39, 0.29) is 19.1 Å². The van der Waals surface area contributed by atoms with Gasteiger partial charge >= 0.3 is 11.8 Å². The maximum atomic E-state index is 11.3. The summed E-state index contributed by atoms with van der Waals surface area (Å²) in [6, 6.07) is 0. The average Bonchev–Trinajstić information content (AvgIpc) is 2.80. The number of hydrogen-bond acceptors (Lipinski definition) is 4. The van der Waals surface area contributed by atoms with Gasteiger partial charge in [0.2, 0.25) is 5.91 Å². The van der Waals surface area contributed by atoms with E-state index in [0.29, 0.717) is 32.4 Å². The fourth-order valence-corrected chi connectivity index (χ4v) is 1.85. The summed E-state index contributed by atoms with van der Waals surface area (Å²) in [6.07, 6.45) is 2.58. The van der Waals surface area contributed by atoms with Crippen molar-refractivity contribution in [3.63, 3.8) is 0 Å². The van der Waals surface area contributed by atoms with Gasteiger partial charge in [-0.15, -0.1) is 0 Å². The number of nitrogens with one attached hydrogen (secondary N) is 2. The van der Waals surface area contributed by atoms with Gasteiger partial charge in [-0.2, -0.15) is 0 Å². The fraction of sp³-hybridized carbons (Fsp3) is 0.750. The van der Waals surface area contributed by atoms with Crippen LogP contribution in [0.5, 0.6) is 0 Å². The van der Waals surface area contributed by atoms with Gasteiger partial charge in [0.1, 0.15) is 0 Å². The van der Waals surface area contributed by atoms with Gasteiger partial charge in [-0.25, -0.2) is 0 Å². The van der Waals surface area contributed by atoms with E-state index in [1.165, 1.54) is 0 Å². The molecule has 1 aliphatic rings. The highest BCUT2D eigenvalue weighted by molar-refractivity contribution is 6.35. The number of hydrogen-bond donors (Lipinski definition) is 3. The van der Waals surface area contributed by atoms with Crippen LogP contribution in [0.25, 0.3) is 0 Å². The van der Waals surface area contributed by atoms with Crippen molar-refractivity contribution >= 4 is 17.7 Å². The van der Waals surface area contributed by atoms with E-state index in [0.717, 1.165) is 13.0 Å². The molecule has 1 fully saturated rings. The van der Waals surface area contributed by atoms with Crippen LogP contribution in [-0.2, 0) is 14.4 Å². The van der Waals surface area contributed by atoms with Gasteiger partial charge in [0.05, 0.1) is 0 Å². The third-order valence-electron chi connectivity index (χ3n) is 2.89. The summed E-state index contributed by atoms with van der Waals surface area (Å²) in [5, 5.41) is 13.4. The molecule has 1 rings (SSSR count). The first kappa shape index (κ1) is 15.4. The van der Waals surface area contributed by atoms with E-state index in [1.807, 2.05) is 0 Å². The predicted molar refractivity (Wildman–Crippen MR) is 68.2 cm³/mol. The van der Waals surface area contributed by atoms with E-state index >= 15 is 0 Å². The minimum atomic E-state index is -0.689. The third kappa shape index (κ3) is 5.69. The largest absolute Gasteiger partial charge is 0.396 e. The molecule has 0 bridgehead atoms. The van der Waals surface area contributed by atoms with Gasteiger partial charge < -0.3 is 20.6 Å². The Balaban J connectivity index is 2.06. The minimum absolute atomic E-state index is 0.0221. The van der Waals surface area contributed by atoms with Crippen molar-refractivity contribution in [3.05, 3.63) is 0 Å². The second-order valence-corrected chi connectivity index (χ2v) is 4.43. The first-order chi connectivity index (χ1) is 9.15. The monoisotopic (exact) mass is 271 g/mol. The molecule has 0 aromatic carbocycles. The highest BCUT2D eigenvalue weighted by Crippen LogP contribution is 2.09. The molecule has 3 N–H and O–H groups in total. The smallest absolute Gasteiger partial charge is 0.309 e. The molecule has 0 unspecified atom stereocenters. The van der Waals surface area contributed by atoms with E-state index in [1.54, 1.807) is 4.90 Å². The molecule has 108 valence electrons. The third-order valence-corrected chi connectivity index (χ3v) is 2.89. The quantitative estimate of drug-likeness (QED) is 0.392. The topological polar surface area (TPSA) is 98.7 Å². The number of likely N-dealkylation sites (tertiary alicyclic amines) is 1. The molecule has 0 radical (unpaired) electrons. The lowest BCUT2D eigenvalue weighted by molar-refractivity contribution is -0.139. The van der Waals surface area contributed by atoms with Gasteiger partial charge in [-0.1, -0.05) is 0 Å². The number of nitrogens with zero attached hydrogens (tertiary/aromatic N) is 1. The van der Waals surface area contributed by atoms with Crippen molar-refractivity contribution < 1.29 is 19.5 Å². The van der Waals surface area contributed by atoms with Gasteiger partial charge in [-0.3, -0.25) is 14.4 Å². The number of carbonyl (C=O) groups is 3. The van der Waals surface area contributed by atoms with Gasteiger partial charge in [0.15, 0.2) is 0 Å². The maximum absolute atomic E-state index is 11.3. The van der Waals surface area contributed by atoms with Crippen molar-refractivity contribution in [2.75, 3.05) is 32.8 Å². The number of carbonyl (C=O) groups excluding carboxylic acids is 3. The van der Waals surface area contributed by atoms with Crippen molar-refractivity contribution in [1.29, 1.82) is 0 Å². The molecule has 7 nitrogen and oxygen atoms in total. The standard InChI is InChI=1S/C12H21N3O4/c16-9-3-6-14-12(19)11(18)13-5-2-8-15-7-1-4-10(15)17/h16H,1-9H2,(H,13,18)(H,14,19). The first-order valence-electron chi connectivity index (χ1n) is 6.60. The van der Waals surface area contributed by atoms with Crippen LogP contribution >= 0.6 is 0 Å². The lowest BCUT2D eigenvalue weighted by Gasteiger charge is -2.15. The molecular formula is C12H21N3O4. The van der Waals surface area contributed by atoms with E-state index in [4.69, 9.17) is 5.11 Å². The van der Waals surface area contributed by atoms with Crippen molar-refractivity contribution in [2.24, 2.45) is 0 Å². The van der Waals surface area contributed by atoms with Crippen molar-refractivity contribution in [1.82, 2.24) is 15.5 Å². The van der Waals surface area contributed by atoms with Crippen LogP contribution in [0.2, 0.25) is 0 Å². The zero-order chi connectivity index (χ0) is 14.1. The van der Waals surface area contributed by atoms with Crippen LogP contribution in [0.4, 0.5) is 0 Å². The highest BCUT2D eigenvalue weighted by Gasteiger charge is 2.19. The Labute approximate surface area is 112 Å². The summed E-state index contributed by atoms with van der Waals surface area (Å²) >= 11 is 0. The second kappa shape index (κ2) is 8.47. The molecule has 7 heteroatoms. The zero-order valence-electron chi connectivity index (χ0n) is 11.0. The van der Waals surface area contributed by atoms with Crippen LogP contribution in [-0.4, -0.2) is 60.5 Å². The minimum Gasteiger partial charge on any atom is -0.396 e. The Hall–Kier alpha value is -1.63. The summed E-state index contributed by atoms with van der Waals surface area (Å²) in [7, 11) is 0. The average molecular weight is 271 g/mol. The Morgan fingerprint density at radius 1 is 1.16 bits per heavy atom. The molecule has 1 aliphatic heterocycles. The first-order valence-corrected chi connectivity index (χ1v) is 6.60. The number of amides is 3. The molecule has 19 heavy (non-hydrogen) atoms. The summed E-state index contributed by atoms with van der Waals surface area (Å²) in [4.78, 5) is 35.7. The summed E-state index contributed by atoms with van der Waals surface area (Å²) in [5.41, 5.74) is 0. The number of aliphatic hydroxyl groups excluding tert-OH is 1. The van der Waals surface area contributed by atoms with E-state index < -0.39 is 11.8 Å². The van der Waals surface area contributed by atoms with Crippen molar-refractivity contribution in [2.45, 2.75) is 25.7 Å². The molecule has 0 aromatic rings. The summed E-state index contributed by atoms with van der Waals surface area (Å²) in [6.45, 7) is 2.03. The molecule has 0 saturated carbocycles. The number of aliphatic hydroxyl groups is 1. The van der Waals surface area contributed by atoms with Gasteiger partial charge in [0, 0.05) is 39.2 Å². The maximum Gasteiger partial charge on any atom is 0.309 e. The lowest BCUT2D eigenvalue weighted by atomic mass is 10.3. The summed E-state index contributed by atoms with van der Waals surface area (Å²) < 4.78 is 0. The molecule has 0 spiro atoms. The van der Waals surface area contributed by atoms with Crippen LogP contribution in [0.3, 0.4) is 0 Å². The fourth-order valence-electron chi connectivity index (χ4n) is 1.85.